The molecule has 1 aliphatic heterocycles. The standard InChI is InChI=1S/C27H22N2O5S2/c1-5-12-33-26(32)24-15(3)28-27(36-24)29-21(16-7-9-17(35-4)10-8-16)20-22(30)18-13-14(2)6-11-19(18)34-23(20)25(29)31/h5-11,13,21H,1,12H2,2-4H3. The van der Waals surface area contributed by atoms with Crippen LogP contribution in [0, 0.1) is 13.8 Å². The van der Waals surface area contributed by atoms with E-state index in [4.69, 9.17) is 9.15 Å². The smallest absolute Gasteiger partial charge is 0.350 e. The fourth-order valence-corrected chi connectivity index (χ4v) is 5.66. The first-order chi connectivity index (χ1) is 17.3. The summed E-state index contributed by atoms with van der Waals surface area (Å²) in [6.07, 6.45) is 3.46. The Kier molecular flexibility index (Phi) is 6.27. The number of rotatable bonds is 6. The van der Waals surface area contributed by atoms with Crippen molar-refractivity contribution in [3.63, 3.8) is 0 Å². The molecule has 1 atom stereocenters. The van der Waals surface area contributed by atoms with Crippen molar-refractivity contribution in [1.82, 2.24) is 4.98 Å². The summed E-state index contributed by atoms with van der Waals surface area (Å²) in [4.78, 5) is 47.4. The van der Waals surface area contributed by atoms with Crippen molar-refractivity contribution in [2.45, 2.75) is 24.8 Å². The Hall–Kier alpha value is -3.69. The monoisotopic (exact) mass is 518 g/mol. The number of carbonyl (C=O) groups is 2. The third-order valence-corrected chi connectivity index (χ3v) is 7.85. The van der Waals surface area contributed by atoms with Gasteiger partial charge in [0.15, 0.2) is 10.6 Å². The van der Waals surface area contributed by atoms with Crippen LogP contribution in [0.25, 0.3) is 11.0 Å². The van der Waals surface area contributed by atoms with E-state index in [1.807, 2.05) is 43.5 Å². The van der Waals surface area contributed by atoms with Gasteiger partial charge in [0.25, 0.3) is 5.91 Å². The predicted molar refractivity (Wildman–Crippen MR) is 141 cm³/mol. The molecule has 0 radical (unpaired) electrons. The number of aromatic nitrogens is 1. The van der Waals surface area contributed by atoms with E-state index in [1.54, 1.807) is 30.8 Å². The molecular formula is C27H22N2O5S2. The van der Waals surface area contributed by atoms with Gasteiger partial charge in [0.05, 0.1) is 22.7 Å². The average Bonchev–Trinajstić information content (AvgIpc) is 3.40. The highest BCUT2D eigenvalue weighted by Gasteiger charge is 2.45. The van der Waals surface area contributed by atoms with Crippen LogP contribution in [0.3, 0.4) is 0 Å². The summed E-state index contributed by atoms with van der Waals surface area (Å²) >= 11 is 2.64. The average molecular weight is 519 g/mol. The summed E-state index contributed by atoms with van der Waals surface area (Å²) < 4.78 is 11.2. The van der Waals surface area contributed by atoms with Gasteiger partial charge in [-0.2, -0.15) is 0 Å². The fourth-order valence-electron chi connectivity index (χ4n) is 4.26. The molecule has 0 N–H and O–H groups in total. The molecule has 9 heteroatoms. The fraction of sp³-hybridized carbons (Fsp3) is 0.185. The number of benzene rings is 2. The van der Waals surface area contributed by atoms with E-state index < -0.39 is 17.9 Å². The van der Waals surface area contributed by atoms with Crippen molar-refractivity contribution < 1.29 is 18.7 Å². The third-order valence-electron chi connectivity index (χ3n) is 5.97. The van der Waals surface area contributed by atoms with Crippen LogP contribution in [0.15, 0.2) is 69.2 Å². The number of thioether (sulfide) groups is 1. The zero-order valence-electron chi connectivity index (χ0n) is 19.9. The number of carbonyl (C=O) groups excluding carboxylic acids is 2. The third kappa shape index (κ3) is 3.94. The van der Waals surface area contributed by atoms with E-state index in [1.165, 1.54) is 11.0 Å². The molecular weight excluding hydrogens is 496 g/mol. The maximum Gasteiger partial charge on any atom is 0.350 e. The SMILES string of the molecule is C=CCOC(=O)c1sc(N2C(=O)c3oc4ccc(C)cc4c(=O)c3C2c2ccc(SC)cc2)nc1C. The number of nitrogens with zero attached hydrogens (tertiary/aromatic N) is 2. The zero-order valence-corrected chi connectivity index (χ0v) is 21.5. The molecule has 182 valence electrons. The molecule has 2 aromatic heterocycles. The van der Waals surface area contributed by atoms with Gasteiger partial charge < -0.3 is 9.15 Å². The number of hydrogen-bond donors (Lipinski definition) is 0. The van der Waals surface area contributed by atoms with Gasteiger partial charge in [0.2, 0.25) is 5.76 Å². The number of ether oxygens (including phenoxy) is 1. The summed E-state index contributed by atoms with van der Waals surface area (Å²) in [5.74, 6) is -1.04. The minimum Gasteiger partial charge on any atom is -0.457 e. The first kappa shape index (κ1) is 24.0. The van der Waals surface area contributed by atoms with Crippen LogP contribution in [0.1, 0.15) is 48.7 Å². The van der Waals surface area contributed by atoms with Crippen molar-refractivity contribution in [3.05, 3.63) is 98.4 Å². The van der Waals surface area contributed by atoms with Gasteiger partial charge in [0.1, 0.15) is 17.1 Å². The van der Waals surface area contributed by atoms with Gasteiger partial charge >= 0.3 is 5.97 Å². The van der Waals surface area contributed by atoms with E-state index >= 15 is 0 Å². The second-order valence-electron chi connectivity index (χ2n) is 8.32. The van der Waals surface area contributed by atoms with Crippen LogP contribution in [-0.2, 0) is 4.74 Å². The first-order valence-electron chi connectivity index (χ1n) is 11.1. The number of amides is 1. The summed E-state index contributed by atoms with van der Waals surface area (Å²) in [5, 5.41) is 0.700. The van der Waals surface area contributed by atoms with Gasteiger partial charge in [0, 0.05) is 4.90 Å². The Morgan fingerprint density at radius 3 is 2.67 bits per heavy atom. The molecule has 2 aromatic carbocycles. The van der Waals surface area contributed by atoms with Crippen LogP contribution in [0.2, 0.25) is 0 Å². The number of anilines is 1. The Balaban J connectivity index is 1.71. The Labute approximate surface area is 215 Å². The second kappa shape index (κ2) is 9.40. The molecule has 4 aromatic rings. The molecule has 0 spiro atoms. The van der Waals surface area contributed by atoms with Crippen molar-refractivity contribution >= 4 is 51.1 Å². The highest BCUT2D eigenvalue weighted by atomic mass is 32.2. The summed E-state index contributed by atoms with van der Waals surface area (Å²) in [7, 11) is 0. The van der Waals surface area contributed by atoms with Gasteiger partial charge in [-0.15, -0.1) is 11.8 Å². The second-order valence-corrected chi connectivity index (χ2v) is 10.2. The lowest BCUT2D eigenvalue weighted by molar-refractivity contribution is 0.0554. The van der Waals surface area contributed by atoms with Crippen molar-refractivity contribution in [2.24, 2.45) is 0 Å². The largest absolute Gasteiger partial charge is 0.457 e. The molecule has 1 amide bonds. The first-order valence-corrected chi connectivity index (χ1v) is 13.2. The maximum absolute atomic E-state index is 13.8. The van der Waals surface area contributed by atoms with E-state index in [-0.39, 0.29) is 33.4 Å². The lowest BCUT2D eigenvalue weighted by Gasteiger charge is -2.22. The van der Waals surface area contributed by atoms with Crippen LogP contribution >= 0.6 is 23.1 Å². The number of hydrogen-bond acceptors (Lipinski definition) is 8. The molecule has 5 rings (SSSR count). The molecule has 0 aliphatic carbocycles. The highest BCUT2D eigenvalue weighted by Crippen LogP contribution is 2.43. The number of thiazole rings is 1. The van der Waals surface area contributed by atoms with E-state index in [2.05, 4.69) is 11.6 Å². The lowest BCUT2D eigenvalue weighted by Crippen LogP contribution is -2.29. The minimum atomic E-state index is -0.757. The van der Waals surface area contributed by atoms with Crippen molar-refractivity contribution in [2.75, 3.05) is 17.8 Å². The van der Waals surface area contributed by atoms with Crippen LogP contribution in [0.4, 0.5) is 5.13 Å². The van der Waals surface area contributed by atoms with Gasteiger partial charge in [-0.05, 0) is 49.9 Å². The molecule has 1 aliphatic rings. The molecule has 0 bridgehead atoms. The Bertz CT molecular complexity index is 1590. The molecule has 0 fully saturated rings. The Morgan fingerprint density at radius 1 is 1.22 bits per heavy atom. The van der Waals surface area contributed by atoms with E-state index in [0.717, 1.165) is 27.4 Å². The predicted octanol–water partition coefficient (Wildman–Crippen LogP) is 5.68. The summed E-state index contributed by atoms with van der Waals surface area (Å²) in [6, 6.07) is 12.2. The molecule has 0 saturated carbocycles. The number of aryl methyl sites for hydroxylation is 2. The van der Waals surface area contributed by atoms with Gasteiger partial charge in [-0.25, -0.2) is 9.78 Å². The van der Waals surface area contributed by atoms with Gasteiger partial charge in [-0.3, -0.25) is 14.5 Å². The van der Waals surface area contributed by atoms with Crippen LogP contribution in [0.5, 0.6) is 0 Å². The molecule has 7 nitrogen and oxygen atoms in total. The lowest BCUT2D eigenvalue weighted by atomic mass is 9.98. The highest BCUT2D eigenvalue weighted by molar-refractivity contribution is 7.98. The number of esters is 1. The molecule has 36 heavy (non-hydrogen) atoms. The van der Waals surface area contributed by atoms with E-state index in [0.29, 0.717) is 16.7 Å². The van der Waals surface area contributed by atoms with Crippen LogP contribution < -0.4 is 10.3 Å². The zero-order chi connectivity index (χ0) is 25.6. The van der Waals surface area contributed by atoms with Crippen molar-refractivity contribution in [1.29, 1.82) is 0 Å². The van der Waals surface area contributed by atoms with E-state index in [9.17, 15) is 14.4 Å². The Morgan fingerprint density at radius 2 is 1.97 bits per heavy atom. The topological polar surface area (TPSA) is 89.7 Å². The summed E-state index contributed by atoms with van der Waals surface area (Å²) in [6.45, 7) is 7.20. The van der Waals surface area contributed by atoms with Crippen LogP contribution in [-0.4, -0.2) is 29.7 Å². The van der Waals surface area contributed by atoms with Gasteiger partial charge in [-0.1, -0.05) is 47.8 Å². The minimum absolute atomic E-state index is 0.0149. The quantitative estimate of drug-likeness (QED) is 0.184. The maximum atomic E-state index is 13.8. The molecule has 0 saturated heterocycles. The molecule has 1 unspecified atom stereocenters. The normalized spacial score (nSPS) is 14.8. The number of fused-ring (bicyclic) bond motifs is 2. The van der Waals surface area contributed by atoms with Crippen molar-refractivity contribution in [3.8, 4) is 0 Å². The molecule has 3 heterocycles. The summed E-state index contributed by atoms with van der Waals surface area (Å²) in [5.41, 5.74) is 2.43.